The molecule has 0 saturated carbocycles. The lowest BCUT2D eigenvalue weighted by Crippen LogP contribution is -2.30. The molecule has 2 heterocycles. The van der Waals surface area contributed by atoms with E-state index in [9.17, 15) is 4.79 Å². The summed E-state index contributed by atoms with van der Waals surface area (Å²) in [5.74, 6) is 1.11. The molecule has 8 heteroatoms. The van der Waals surface area contributed by atoms with Crippen molar-refractivity contribution in [3.05, 3.63) is 22.4 Å². The first-order valence-electron chi connectivity index (χ1n) is 7.12. The summed E-state index contributed by atoms with van der Waals surface area (Å²) in [7, 11) is 0. The first-order valence-corrected chi connectivity index (χ1v) is 10.7. The molecule has 0 aliphatic carbocycles. The zero-order valence-electron chi connectivity index (χ0n) is 12.6. The van der Waals surface area contributed by atoms with Gasteiger partial charge in [0.25, 0.3) is 0 Å². The van der Waals surface area contributed by atoms with E-state index in [0.29, 0.717) is 6.54 Å². The van der Waals surface area contributed by atoms with E-state index in [-0.39, 0.29) is 11.2 Å². The summed E-state index contributed by atoms with van der Waals surface area (Å²) in [6.45, 7) is 4.67. The number of nitrogens with one attached hydrogen (secondary N) is 1. The summed E-state index contributed by atoms with van der Waals surface area (Å²) in [6.07, 6.45) is 2.38. The van der Waals surface area contributed by atoms with Crippen LogP contribution in [0.1, 0.15) is 31.6 Å². The molecule has 1 atom stereocenters. The molecule has 0 aliphatic heterocycles. The first-order chi connectivity index (χ1) is 10.7. The van der Waals surface area contributed by atoms with E-state index >= 15 is 0 Å². The second kappa shape index (κ2) is 9.54. The molecule has 2 aromatic heterocycles. The van der Waals surface area contributed by atoms with Gasteiger partial charge in [-0.05, 0) is 24.8 Å². The van der Waals surface area contributed by atoms with Gasteiger partial charge in [0.2, 0.25) is 5.91 Å². The van der Waals surface area contributed by atoms with Gasteiger partial charge in [-0.15, -0.1) is 21.5 Å². The second-order valence-corrected chi connectivity index (χ2v) is 9.53. The van der Waals surface area contributed by atoms with E-state index < -0.39 is 0 Å². The highest BCUT2D eigenvalue weighted by molar-refractivity contribution is 8.03. The quantitative estimate of drug-likeness (QED) is 0.525. The molecule has 0 saturated heterocycles. The number of hydrogen-bond acceptors (Lipinski definition) is 7. The maximum absolute atomic E-state index is 12.1. The predicted molar refractivity (Wildman–Crippen MR) is 97.0 cm³/mol. The van der Waals surface area contributed by atoms with Crippen LogP contribution >= 0.6 is 46.2 Å². The van der Waals surface area contributed by atoms with Crippen LogP contribution in [-0.4, -0.2) is 27.1 Å². The van der Waals surface area contributed by atoms with Gasteiger partial charge >= 0.3 is 0 Å². The molecular formula is C14H19N3OS4. The summed E-state index contributed by atoms with van der Waals surface area (Å²) < 4.78 is 1.85. The Kier molecular flexibility index (Phi) is 7.71. The molecule has 1 amide bonds. The Morgan fingerprint density at radius 2 is 2.23 bits per heavy atom. The Labute approximate surface area is 147 Å². The fourth-order valence-electron chi connectivity index (χ4n) is 1.54. The molecule has 0 bridgehead atoms. The van der Waals surface area contributed by atoms with Crippen molar-refractivity contribution in [2.75, 3.05) is 5.75 Å². The molecule has 2 aromatic rings. The second-order valence-electron chi connectivity index (χ2n) is 4.59. The number of amides is 1. The minimum absolute atomic E-state index is 0.0359. The summed E-state index contributed by atoms with van der Waals surface area (Å²) in [5.41, 5.74) is 0. The zero-order chi connectivity index (χ0) is 15.8. The number of thiophene rings is 1. The lowest BCUT2D eigenvalue weighted by molar-refractivity contribution is -0.120. The smallest absolute Gasteiger partial charge is 0.233 e. The lowest BCUT2D eigenvalue weighted by Gasteiger charge is -2.09. The van der Waals surface area contributed by atoms with Crippen LogP contribution in [0.2, 0.25) is 0 Å². The Morgan fingerprint density at radius 3 is 2.95 bits per heavy atom. The molecule has 120 valence electrons. The van der Waals surface area contributed by atoms with Gasteiger partial charge in [-0.2, -0.15) is 0 Å². The number of carbonyl (C=O) groups is 1. The van der Waals surface area contributed by atoms with Crippen LogP contribution in [-0.2, 0) is 11.3 Å². The molecule has 0 radical (unpaired) electrons. The number of thioether (sulfide) groups is 2. The first kappa shape index (κ1) is 17.8. The predicted octanol–water partition coefficient (Wildman–Crippen LogP) is 4.29. The summed E-state index contributed by atoms with van der Waals surface area (Å²) >= 11 is 6.43. The molecule has 0 fully saturated rings. The van der Waals surface area contributed by atoms with Crippen molar-refractivity contribution >= 4 is 52.1 Å². The molecule has 22 heavy (non-hydrogen) atoms. The van der Waals surface area contributed by atoms with Gasteiger partial charge in [-0.3, -0.25) is 4.79 Å². The van der Waals surface area contributed by atoms with Crippen molar-refractivity contribution in [2.24, 2.45) is 0 Å². The van der Waals surface area contributed by atoms with Crippen molar-refractivity contribution in [2.45, 2.75) is 47.2 Å². The molecule has 0 spiro atoms. The van der Waals surface area contributed by atoms with Gasteiger partial charge in [-0.1, -0.05) is 54.3 Å². The Hall–Kier alpha value is -0.570. The maximum atomic E-state index is 12.1. The van der Waals surface area contributed by atoms with Crippen LogP contribution < -0.4 is 5.32 Å². The molecule has 1 N–H and O–H groups in total. The van der Waals surface area contributed by atoms with E-state index in [1.165, 1.54) is 24.6 Å². The molecule has 4 nitrogen and oxygen atoms in total. The van der Waals surface area contributed by atoms with Crippen molar-refractivity contribution in [3.63, 3.8) is 0 Å². The molecule has 0 unspecified atom stereocenters. The van der Waals surface area contributed by atoms with Crippen molar-refractivity contribution in [1.29, 1.82) is 0 Å². The van der Waals surface area contributed by atoms with E-state index in [1.54, 1.807) is 34.4 Å². The van der Waals surface area contributed by atoms with Gasteiger partial charge in [0.15, 0.2) is 8.68 Å². The lowest BCUT2D eigenvalue weighted by atomic mass is 10.4. The van der Waals surface area contributed by atoms with E-state index in [2.05, 4.69) is 22.4 Å². The van der Waals surface area contributed by atoms with Crippen LogP contribution in [0.4, 0.5) is 0 Å². The third-order valence-electron chi connectivity index (χ3n) is 2.78. The molecule has 0 aromatic carbocycles. The topological polar surface area (TPSA) is 54.9 Å². The summed E-state index contributed by atoms with van der Waals surface area (Å²) in [5, 5.41) is 13.1. The van der Waals surface area contributed by atoms with Crippen molar-refractivity contribution < 1.29 is 4.79 Å². The van der Waals surface area contributed by atoms with E-state index in [4.69, 9.17) is 0 Å². The Balaban J connectivity index is 1.75. The van der Waals surface area contributed by atoms with E-state index in [0.717, 1.165) is 19.3 Å². The average molecular weight is 374 g/mol. The molecule has 2 rings (SSSR count). The van der Waals surface area contributed by atoms with Crippen LogP contribution in [0.3, 0.4) is 0 Å². The number of aromatic nitrogens is 2. The third kappa shape index (κ3) is 5.91. The minimum atomic E-state index is -0.165. The number of nitrogens with zero attached hydrogens (tertiary/aromatic N) is 2. The minimum Gasteiger partial charge on any atom is -0.350 e. The van der Waals surface area contributed by atoms with Gasteiger partial charge in [0.1, 0.15) is 0 Å². The van der Waals surface area contributed by atoms with Crippen LogP contribution in [0.15, 0.2) is 26.2 Å². The van der Waals surface area contributed by atoms with Crippen LogP contribution in [0.25, 0.3) is 0 Å². The van der Waals surface area contributed by atoms with Gasteiger partial charge in [-0.25, -0.2) is 0 Å². The average Bonchev–Trinajstić information content (AvgIpc) is 3.17. The van der Waals surface area contributed by atoms with Crippen molar-refractivity contribution in [3.8, 4) is 0 Å². The normalized spacial score (nSPS) is 12.3. The van der Waals surface area contributed by atoms with Gasteiger partial charge in [0.05, 0.1) is 11.8 Å². The van der Waals surface area contributed by atoms with Crippen molar-refractivity contribution in [1.82, 2.24) is 15.5 Å². The highest BCUT2D eigenvalue weighted by atomic mass is 32.2. The highest BCUT2D eigenvalue weighted by Crippen LogP contribution is 2.31. The number of hydrogen-bond donors (Lipinski definition) is 1. The van der Waals surface area contributed by atoms with Crippen LogP contribution in [0, 0.1) is 0 Å². The standard InChI is InChI=1S/C14H19N3OS4/c1-3-4-7-20-13-16-17-14(22-13)21-10(2)12(18)15-9-11-6-5-8-19-11/h5-6,8,10H,3-4,7,9H2,1-2H3,(H,15,18)/t10-/m1/s1. The molecular weight excluding hydrogens is 354 g/mol. The number of unbranched alkanes of at least 4 members (excludes halogenated alkanes) is 1. The number of carbonyl (C=O) groups excluding carboxylic acids is 1. The SMILES string of the molecule is CCCCSc1nnc(S[C@H](C)C(=O)NCc2cccs2)s1. The highest BCUT2D eigenvalue weighted by Gasteiger charge is 2.17. The Bertz CT molecular complexity index is 570. The van der Waals surface area contributed by atoms with Gasteiger partial charge < -0.3 is 5.32 Å². The maximum Gasteiger partial charge on any atom is 0.233 e. The number of rotatable bonds is 9. The van der Waals surface area contributed by atoms with Gasteiger partial charge in [0, 0.05) is 10.6 Å². The van der Waals surface area contributed by atoms with E-state index in [1.807, 2.05) is 24.4 Å². The monoisotopic (exact) mass is 373 g/mol. The fraction of sp³-hybridized carbons (Fsp3) is 0.500. The fourth-order valence-corrected chi connectivity index (χ4v) is 5.53. The Morgan fingerprint density at radius 1 is 1.41 bits per heavy atom. The third-order valence-corrected chi connectivity index (χ3v) is 6.98. The molecule has 0 aliphatic rings. The summed E-state index contributed by atoms with van der Waals surface area (Å²) in [6, 6.07) is 4.01. The zero-order valence-corrected chi connectivity index (χ0v) is 15.8. The van der Waals surface area contributed by atoms with Crippen LogP contribution in [0.5, 0.6) is 0 Å². The summed E-state index contributed by atoms with van der Waals surface area (Å²) in [4.78, 5) is 13.2. The largest absolute Gasteiger partial charge is 0.350 e.